The van der Waals surface area contributed by atoms with Gasteiger partial charge >= 0.3 is 0 Å². The summed E-state index contributed by atoms with van der Waals surface area (Å²) in [6.07, 6.45) is 2.48. The van der Waals surface area contributed by atoms with E-state index in [9.17, 15) is 9.59 Å². The van der Waals surface area contributed by atoms with Gasteiger partial charge in [0.25, 0.3) is 0 Å². The van der Waals surface area contributed by atoms with Gasteiger partial charge in [-0.3, -0.25) is 9.59 Å². The smallest absolute Gasteiger partial charge is 0.246 e. The fourth-order valence-electron chi connectivity index (χ4n) is 4.14. The molecule has 3 heterocycles. The second-order valence-corrected chi connectivity index (χ2v) is 6.86. The molecule has 0 unspecified atom stereocenters. The highest BCUT2D eigenvalue weighted by Crippen LogP contribution is 2.32. The second-order valence-electron chi connectivity index (χ2n) is 6.86. The molecule has 3 aliphatic heterocycles. The van der Waals surface area contributed by atoms with Crippen molar-refractivity contribution in [3.05, 3.63) is 29.8 Å². The molecule has 6 nitrogen and oxygen atoms in total. The van der Waals surface area contributed by atoms with Crippen LogP contribution in [0.4, 0.5) is 0 Å². The topological polar surface area (TPSA) is 61.9 Å². The summed E-state index contributed by atoms with van der Waals surface area (Å²) in [5.41, 5.74) is 1.17. The van der Waals surface area contributed by atoms with Crippen molar-refractivity contribution in [1.29, 1.82) is 0 Å². The Hall–Kier alpha value is -2.08. The molecule has 6 heteroatoms. The second kappa shape index (κ2) is 6.09. The minimum Gasteiger partial charge on any atom is -0.497 e. The van der Waals surface area contributed by atoms with E-state index in [4.69, 9.17) is 4.74 Å². The Labute approximate surface area is 141 Å². The van der Waals surface area contributed by atoms with E-state index >= 15 is 0 Å². The molecule has 0 aromatic heterocycles. The van der Waals surface area contributed by atoms with Crippen molar-refractivity contribution < 1.29 is 14.3 Å². The summed E-state index contributed by atoms with van der Waals surface area (Å²) in [7, 11) is 1.65. The molecule has 1 aromatic carbocycles. The molecule has 0 aliphatic carbocycles. The summed E-state index contributed by atoms with van der Waals surface area (Å²) in [4.78, 5) is 28.8. The zero-order valence-corrected chi connectivity index (χ0v) is 13.9. The van der Waals surface area contributed by atoms with Crippen LogP contribution in [0.1, 0.15) is 24.8 Å². The Kier molecular flexibility index (Phi) is 3.92. The zero-order valence-electron chi connectivity index (χ0n) is 13.9. The number of rotatable bonds is 4. The van der Waals surface area contributed by atoms with Gasteiger partial charge in [-0.2, -0.15) is 0 Å². The number of piperazine rings is 1. The number of hydrogen-bond acceptors (Lipinski definition) is 4. The number of carbonyl (C=O) groups excluding carboxylic acids is 2. The standard InChI is InChI=1S/C18H23N3O3/c1-24-14-6-4-12(5-7-14)10-19-13-9-16-18(23)20-8-2-3-15(20)17(22)21(16)11-13/h4-7,13,15-16,19H,2-3,8-11H2,1H3/t13-,15+,16-/m0/s1. The molecule has 0 spiro atoms. The molecule has 3 aliphatic rings. The Bertz CT molecular complexity index is 615. The van der Waals surface area contributed by atoms with E-state index in [2.05, 4.69) is 5.32 Å². The van der Waals surface area contributed by atoms with Crippen molar-refractivity contribution in [3.8, 4) is 5.75 Å². The fraction of sp³-hybridized carbons (Fsp3) is 0.556. The molecule has 0 radical (unpaired) electrons. The molecule has 24 heavy (non-hydrogen) atoms. The molecule has 3 saturated heterocycles. The maximum atomic E-state index is 12.6. The van der Waals surface area contributed by atoms with Gasteiger partial charge in [0.05, 0.1) is 7.11 Å². The highest BCUT2D eigenvalue weighted by Gasteiger charge is 2.51. The van der Waals surface area contributed by atoms with Gasteiger partial charge in [-0.1, -0.05) is 12.1 Å². The fourth-order valence-corrected chi connectivity index (χ4v) is 4.14. The molecule has 1 N–H and O–H groups in total. The zero-order chi connectivity index (χ0) is 16.7. The van der Waals surface area contributed by atoms with Crippen LogP contribution in [0.15, 0.2) is 24.3 Å². The van der Waals surface area contributed by atoms with Gasteiger partial charge in [-0.15, -0.1) is 0 Å². The summed E-state index contributed by atoms with van der Waals surface area (Å²) in [6.45, 7) is 2.10. The van der Waals surface area contributed by atoms with Crippen LogP contribution >= 0.6 is 0 Å². The molecular weight excluding hydrogens is 306 g/mol. The van der Waals surface area contributed by atoms with Crippen LogP contribution < -0.4 is 10.1 Å². The third-order valence-electron chi connectivity index (χ3n) is 5.44. The van der Waals surface area contributed by atoms with Gasteiger partial charge in [-0.05, 0) is 37.0 Å². The van der Waals surface area contributed by atoms with Crippen molar-refractivity contribution in [1.82, 2.24) is 15.1 Å². The maximum absolute atomic E-state index is 12.6. The number of nitrogens with one attached hydrogen (secondary N) is 1. The Morgan fingerprint density at radius 3 is 2.62 bits per heavy atom. The molecular formula is C18H23N3O3. The number of ether oxygens (including phenoxy) is 1. The summed E-state index contributed by atoms with van der Waals surface area (Å²) >= 11 is 0. The van der Waals surface area contributed by atoms with Crippen LogP contribution in [0.5, 0.6) is 5.75 Å². The van der Waals surface area contributed by atoms with E-state index in [1.54, 1.807) is 16.9 Å². The summed E-state index contributed by atoms with van der Waals surface area (Å²) in [5, 5.41) is 3.49. The molecule has 3 fully saturated rings. The third-order valence-corrected chi connectivity index (χ3v) is 5.44. The molecule has 2 amide bonds. The molecule has 128 valence electrons. The number of amides is 2. The van der Waals surface area contributed by atoms with Crippen LogP contribution in [-0.4, -0.2) is 59.9 Å². The average molecular weight is 329 g/mol. The summed E-state index contributed by atoms with van der Waals surface area (Å²) in [5.74, 6) is 1.13. The number of methoxy groups -OCH3 is 1. The Balaban J connectivity index is 1.39. The van der Waals surface area contributed by atoms with Crippen molar-refractivity contribution in [2.45, 2.75) is 43.9 Å². The first-order valence-electron chi connectivity index (χ1n) is 8.64. The number of hydrogen-bond donors (Lipinski definition) is 1. The maximum Gasteiger partial charge on any atom is 0.246 e. The van der Waals surface area contributed by atoms with Crippen LogP contribution in [-0.2, 0) is 16.1 Å². The van der Waals surface area contributed by atoms with Crippen molar-refractivity contribution >= 4 is 11.8 Å². The monoisotopic (exact) mass is 329 g/mol. The first-order chi connectivity index (χ1) is 11.7. The van der Waals surface area contributed by atoms with E-state index in [-0.39, 0.29) is 29.9 Å². The predicted octanol–water partition coefficient (Wildman–Crippen LogP) is 0.759. The van der Waals surface area contributed by atoms with E-state index in [1.165, 1.54) is 5.56 Å². The lowest BCUT2D eigenvalue weighted by molar-refractivity contribution is -0.156. The summed E-state index contributed by atoms with van der Waals surface area (Å²) < 4.78 is 5.16. The van der Waals surface area contributed by atoms with Crippen LogP contribution in [0.2, 0.25) is 0 Å². The third kappa shape index (κ3) is 2.55. The van der Waals surface area contributed by atoms with Crippen molar-refractivity contribution in [3.63, 3.8) is 0 Å². The number of nitrogens with zero attached hydrogens (tertiary/aromatic N) is 2. The summed E-state index contributed by atoms with van der Waals surface area (Å²) in [6, 6.07) is 7.65. The van der Waals surface area contributed by atoms with Gasteiger partial charge in [0.2, 0.25) is 11.8 Å². The normalized spacial score (nSPS) is 29.0. The molecule has 0 saturated carbocycles. The number of carbonyl (C=O) groups is 2. The molecule has 1 aromatic rings. The first-order valence-corrected chi connectivity index (χ1v) is 8.64. The predicted molar refractivity (Wildman–Crippen MR) is 88.5 cm³/mol. The lowest BCUT2D eigenvalue weighted by atomic mass is 10.1. The molecule has 4 rings (SSSR count). The van der Waals surface area contributed by atoms with E-state index < -0.39 is 0 Å². The molecule has 3 atom stereocenters. The van der Waals surface area contributed by atoms with Gasteiger partial charge < -0.3 is 19.9 Å². The number of benzene rings is 1. The van der Waals surface area contributed by atoms with E-state index in [0.717, 1.165) is 31.7 Å². The highest BCUT2D eigenvalue weighted by molar-refractivity contribution is 5.98. The minimum absolute atomic E-state index is 0.144. The molecule has 0 bridgehead atoms. The van der Waals surface area contributed by atoms with Crippen LogP contribution in [0.3, 0.4) is 0 Å². The van der Waals surface area contributed by atoms with E-state index in [0.29, 0.717) is 13.0 Å². The minimum atomic E-state index is -0.264. The van der Waals surface area contributed by atoms with Gasteiger partial charge in [0.1, 0.15) is 17.8 Å². The quantitative estimate of drug-likeness (QED) is 0.886. The highest BCUT2D eigenvalue weighted by atomic mass is 16.5. The van der Waals surface area contributed by atoms with Gasteiger partial charge in [0.15, 0.2) is 0 Å². The van der Waals surface area contributed by atoms with Crippen molar-refractivity contribution in [2.24, 2.45) is 0 Å². The lowest BCUT2D eigenvalue weighted by Gasteiger charge is -2.38. The van der Waals surface area contributed by atoms with Crippen LogP contribution in [0.25, 0.3) is 0 Å². The SMILES string of the molecule is COc1ccc(CN[C@H]2C[C@H]3C(=O)N4CCC[C@@H]4C(=O)N3C2)cc1. The van der Waals surface area contributed by atoms with Gasteiger partial charge in [-0.25, -0.2) is 0 Å². The average Bonchev–Trinajstić information content (AvgIpc) is 3.26. The Morgan fingerprint density at radius 1 is 1.12 bits per heavy atom. The van der Waals surface area contributed by atoms with Crippen molar-refractivity contribution in [2.75, 3.05) is 20.2 Å². The lowest BCUT2D eigenvalue weighted by Crippen LogP contribution is -2.60. The largest absolute Gasteiger partial charge is 0.497 e. The van der Waals surface area contributed by atoms with Gasteiger partial charge in [0, 0.05) is 25.7 Å². The first kappa shape index (κ1) is 15.4. The Morgan fingerprint density at radius 2 is 1.88 bits per heavy atom. The van der Waals surface area contributed by atoms with Crippen LogP contribution in [0, 0.1) is 0 Å². The van der Waals surface area contributed by atoms with E-state index in [1.807, 2.05) is 24.3 Å². The number of fused-ring (bicyclic) bond motifs is 2.